The molecule has 3 heteroatoms. The standard InChI is InChI=1S/C18H28N2O/c1-18(2,3)16-8-6-14(7-9-16)12-15(13-19)17(21)20-10-4-5-11-20/h6-9,15H,4-5,10-13,19H2,1-3H3. The quantitative estimate of drug-likeness (QED) is 0.926. The number of hydrogen-bond donors (Lipinski definition) is 1. The predicted octanol–water partition coefficient (Wildman–Crippen LogP) is 2.72. The van der Waals surface area contributed by atoms with Crippen molar-refractivity contribution in [2.75, 3.05) is 19.6 Å². The molecule has 1 aromatic carbocycles. The van der Waals surface area contributed by atoms with Crippen LogP contribution in [0.1, 0.15) is 44.7 Å². The summed E-state index contributed by atoms with van der Waals surface area (Å²) in [5, 5.41) is 0. The van der Waals surface area contributed by atoms with E-state index in [1.807, 2.05) is 4.90 Å². The van der Waals surface area contributed by atoms with Crippen LogP contribution in [-0.4, -0.2) is 30.4 Å². The lowest BCUT2D eigenvalue weighted by Crippen LogP contribution is -2.38. The summed E-state index contributed by atoms with van der Waals surface area (Å²) >= 11 is 0. The third kappa shape index (κ3) is 4.07. The van der Waals surface area contributed by atoms with Gasteiger partial charge in [0.25, 0.3) is 0 Å². The Kier molecular flexibility index (Phi) is 5.04. The van der Waals surface area contributed by atoms with E-state index in [0.717, 1.165) is 32.4 Å². The van der Waals surface area contributed by atoms with E-state index in [9.17, 15) is 4.79 Å². The molecule has 0 aliphatic carbocycles. The molecule has 1 heterocycles. The van der Waals surface area contributed by atoms with Gasteiger partial charge in [-0.15, -0.1) is 0 Å². The zero-order chi connectivity index (χ0) is 15.5. The minimum absolute atomic E-state index is 0.0800. The summed E-state index contributed by atoms with van der Waals surface area (Å²) in [5.74, 6) is 0.151. The Morgan fingerprint density at radius 1 is 1.19 bits per heavy atom. The topological polar surface area (TPSA) is 46.3 Å². The fraction of sp³-hybridized carbons (Fsp3) is 0.611. The highest BCUT2D eigenvalue weighted by Crippen LogP contribution is 2.23. The Hall–Kier alpha value is -1.35. The van der Waals surface area contributed by atoms with Crippen LogP contribution in [0.4, 0.5) is 0 Å². The maximum Gasteiger partial charge on any atom is 0.227 e. The number of hydrogen-bond acceptors (Lipinski definition) is 2. The molecular formula is C18H28N2O. The van der Waals surface area contributed by atoms with Gasteiger partial charge >= 0.3 is 0 Å². The van der Waals surface area contributed by atoms with Crippen LogP contribution in [0, 0.1) is 5.92 Å². The zero-order valence-electron chi connectivity index (χ0n) is 13.6. The smallest absolute Gasteiger partial charge is 0.227 e. The molecule has 0 aromatic heterocycles. The molecule has 1 aliphatic rings. The van der Waals surface area contributed by atoms with E-state index in [1.165, 1.54) is 11.1 Å². The lowest BCUT2D eigenvalue weighted by atomic mass is 9.86. The number of nitrogens with zero attached hydrogens (tertiary/aromatic N) is 1. The van der Waals surface area contributed by atoms with E-state index in [-0.39, 0.29) is 17.2 Å². The Bertz CT molecular complexity index is 467. The molecule has 0 radical (unpaired) electrons. The first-order chi connectivity index (χ1) is 9.91. The molecule has 0 spiro atoms. The predicted molar refractivity (Wildman–Crippen MR) is 87.2 cm³/mol. The van der Waals surface area contributed by atoms with Crippen molar-refractivity contribution >= 4 is 5.91 Å². The summed E-state index contributed by atoms with van der Waals surface area (Å²) in [5.41, 5.74) is 8.53. The van der Waals surface area contributed by atoms with Crippen LogP contribution in [0.2, 0.25) is 0 Å². The maximum atomic E-state index is 12.5. The van der Waals surface area contributed by atoms with Crippen LogP contribution in [0.5, 0.6) is 0 Å². The van der Waals surface area contributed by atoms with Crippen molar-refractivity contribution in [3.8, 4) is 0 Å². The highest BCUT2D eigenvalue weighted by Gasteiger charge is 2.25. The van der Waals surface area contributed by atoms with Crippen molar-refractivity contribution < 1.29 is 4.79 Å². The average Bonchev–Trinajstić information content (AvgIpc) is 2.97. The number of rotatable bonds is 4. The third-order valence-corrected chi connectivity index (χ3v) is 4.35. The van der Waals surface area contributed by atoms with Crippen molar-refractivity contribution in [3.63, 3.8) is 0 Å². The maximum absolute atomic E-state index is 12.5. The molecule has 0 bridgehead atoms. The summed E-state index contributed by atoms with van der Waals surface area (Å²) in [6, 6.07) is 8.62. The second-order valence-electron chi connectivity index (χ2n) is 7.12. The molecule has 1 saturated heterocycles. The summed E-state index contributed by atoms with van der Waals surface area (Å²) in [6.45, 7) is 8.86. The second-order valence-corrected chi connectivity index (χ2v) is 7.12. The largest absolute Gasteiger partial charge is 0.342 e. The third-order valence-electron chi connectivity index (χ3n) is 4.35. The van der Waals surface area contributed by atoms with E-state index >= 15 is 0 Å². The highest BCUT2D eigenvalue weighted by atomic mass is 16.2. The number of carbonyl (C=O) groups is 1. The van der Waals surface area contributed by atoms with E-state index in [1.54, 1.807) is 0 Å². The van der Waals surface area contributed by atoms with Crippen molar-refractivity contribution in [1.29, 1.82) is 0 Å². The van der Waals surface area contributed by atoms with Crippen LogP contribution in [-0.2, 0) is 16.6 Å². The Morgan fingerprint density at radius 2 is 1.76 bits per heavy atom. The van der Waals surface area contributed by atoms with Crippen LogP contribution in [0.25, 0.3) is 0 Å². The SMILES string of the molecule is CC(C)(C)c1ccc(CC(CN)C(=O)N2CCCC2)cc1. The molecule has 1 aliphatic heterocycles. The van der Waals surface area contributed by atoms with Crippen molar-refractivity contribution in [1.82, 2.24) is 4.90 Å². The van der Waals surface area contributed by atoms with Crippen molar-refractivity contribution in [2.45, 2.75) is 45.4 Å². The van der Waals surface area contributed by atoms with Gasteiger partial charge in [0.05, 0.1) is 5.92 Å². The monoisotopic (exact) mass is 288 g/mol. The van der Waals surface area contributed by atoms with E-state index in [2.05, 4.69) is 45.0 Å². The number of benzene rings is 1. The lowest BCUT2D eigenvalue weighted by molar-refractivity contribution is -0.134. The van der Waals surface area contributed by atoms with Crippen LogP contribution < -0.4 is 5.73 Å². The van der Waals surface area contributed by atoms with Gasteiger partial charge in [0, 0.05) is 19.6 Å². The van der Waals surface area contributed by atoms with Gasteiger partial charge in [-0.3, -0.25) is 4.79 Å². The number of nitrogens with two attached hydrogens (primary N) is 1. The molecule has 0 saturated carbocycles. The molecule has 1 aromatic rings. The summed E-state index contributed by atoms with van der Waals surface area (Å²) < 4.78 is 0. The van der Waals surface area contributed by atoms with Gasteiger partial charge in [-0.05, 0) is 35.8 Å². The second kappa shape index (κ2) is 6.61. The fourth-order valence-corrected chi connectivity index (χ4v) is 2.89. The van der Waals surface area contributed by atoms with Gasteiger partial charge < -0.3 is 10.6 Å². The number of likely N-dealkylation sites (tertiary alicyclic amines) is 1. The molecule has 1 amide bonds. The fourth-order valence-electron chi connectivity index (χ4n) is 2.89. The normalized spacial score (nSPS) is 17.0. The summed E-state index contributed by atoms with van der Waals surface area (Å²) in [7, 11) is 0. The first-order valence-electron chi connectivity index (χ1n) is 8.00. The minimum Gasteiger partial charge on any atom is -0.342 e. The molecule has 1 fully saturated rings. The van der Waals surface area contributed by atoms with Crippen LogP contribution >= 0.6 is 0 Å². The van der Waals surface area contributed by atoms with Gasteiger partial charge in [0.15, 0.2) is 0 Å². The minimum atomic E-state index is -0.0800. The first-order valence-corrected chi connectivity index (χ1v) is 8.00. The molecule has 2 rings (SSSR count). The molecule has 21 heavy (non-hydrogen) atoms. The van der Waals surface area contributed by atoms with Crippen LogP contribution in [0.15, 0.2) is 24.3 Å². The van der Waals surface area contributed by atoms with Gasteiger partial charge in [-0.2, -0.15) is 0 Å². The molecular weight excluding hydrogens is 260 g/mol. The van der Waals surface area contributed by atoms with Gasteiger partial charge in [-0.25, -0.2) is 0 Å². The summed E-state index contributed by atoms with van der Waals surface area (Å²) in [4.78, 5) is 14.4. The number of amides is 1. The zero-order valence-corrected chi connectivity index (χ0v) is 13.6. The van der Waals surface area contributed by atoms with E-state index in [4.69, 9.17) is 5.73 Å². The molecule has 3 nitrogen and oxygen atoms in total. The number of carbonyl (C=O) groups excluding carboxylic acids is 1. The van der Waals surface area contributed by atoms with Crippen molar-refractivity contribution in [2.24, 2.45) is 11.7 Å². The highest BCUT2D eigenvalue weighted by molar-refractivity contribution is 5.79. The van der Waals surface area contributed by atoms with Crippen LogP contribution in [0.3, 0.4) is 0 Å². The molecule has 1 unspecified atom stereocenters. The van der Waals surface area contributed by atoms with E-state index < -0.39 is 0 Å². The summed E-state index contributed by atoms with van der Waals surface area (Å²) in [6.07, 6.45) is 3.00. The van der Waals surface area contributed by atoms with Gasteiger partial charge in [0.2, 0.25) is 5.91 Å². The molecule has 116 valence electrons. The molecule has 1 atom stereocenters. The average molecular weight is 288 g/mol. The Labute approximate surface area is 128 Å². The Balaban J connectivity index is 2.02. The van der Waals surface area contributed by atoms with Gasteiger partial charge in [-0.1, -0.05) is 45.0 Å². The Morgan fingerprint density at radius 3 is 2.24 bits per heavy atom. The lowest BCUT2D eigenvalue weighted by Gasteiger charge is -2.23. The van der Waals surface area contributed by atoms with Crippen molar-refractivity contribution in [3.05, 3.63) is 35.4 Å². The van der Waals surface area contributed by atoms with Gasteiger partial charge in [0.1, 0.15) is 0 Å². The first kappa shape index (κ1) is 16.0. The van der Waals surface area contributed by atoms with E-state index in [0.29, 0.717) is 6.54 Å². The molecule has 2 N–H and O–H groups in total.